The lowest BCUT2D eigenvalue weighted by Gasteiger charge is -2.33. The number of ether oxygens (including phenoxy) is 1. The Balaban J connectivity index is 1.74. The minimum absolute atomic E-state index is 0.105. The van der Waals surface area contributed by atoms with E-state index in [9.17, 15) is 14.4 Å². The van der Waals surface area contributed by atoms with E-state index >= 15 is 0 Å². The summed E-state index contributed by atoms with van der Waals surface area (Å²) in [6.45, 7) is 4.69. The number of carbonyl (C=O) groups is 3. The van der Waals surface area contributed by atoms with E-state index in [4.69, 9.17) is 16.3 Å². The molecule has 7 heteroatoms. The van der Waals surface area contributed by atoms with Gasteiger partial charge in [0.25, 0.3) is 0 Å². The molecule has 0 saturated heterocycles. The Morgan fingerprint density at radius 2 is 1.64 bits per heavy atom. The van der Waals surface area contributed by atoms with Crippen LogP contribution in [0.2, 0.25) is 0 Å². The van der Waals surface area contributed by atoms with Crippen molar-refractivity contribution in [2.75, 3.05) is 19.7 Å². The third-order valence-corrected chi connectivity index (χ3v) is 5.64. The van der Waals surface area contributed by atoms with Gasteiger partial charge in [-0.25, -0.2) is 4.79 Å². The van der Waals surface area contributed by atoms with Crippen LogP contribution >= 0.6 is 0 Å². The molecule has 3 rings (SSSR count). The van der Waals surface area contributed by atoms with Crippen LogP contribution in [0.3, 0.4) is 0 Å². The SMILES string of the molecule is C#CCN(CC(=O)O)C(=O)[C@H](NC(=O)OCC1c2ccccc2-c2ccccc21)C(C)(C)C. The number of carboxylic acid groups (broad SMARTS) is 1. The molecule has 1 aliphatic rings. The highest BCUT2D eigenvalue weighted by atomic mass is 16.5. The van der Waals surface area contributed by atoms with Gasteiger partial charge < -0.3 is 20.1 Å². The van der Waals surface area contributed by atoms with Gasteiger partial charge in [0.05, 0.1) is 6.54 Å². The molecule has 0 bridgehead atoms. The Kier molecular flexibility index (Phi) is 7.07. The number of benzene rings is 2. The number of hydrogen-bond donors (Lipinski definition) is 2. The van der Waals surface area contributed by atoms with E-state index in [1.54, 1.807) is 20.8 Å². The molecule has 1 atom stereocenters. The zero-order valence-corrected chi connectivity index (χ0v) is 19.0. The van der Waals surface area contributed by atoms with E-state index in [1.165, 1.54) is 0 Å². The van der Waals surface area contributed by atoms with Crippen molar-refractivity contribution in [3.8, 4) is 23.5 Å². The van der Waals surface area contributed by atoms with Gasteiger partial charge in [-0.3, -0.25) is 9.59 Å². The highest BCUT2D eigenvalue weighted by Gasteiger charge is 2.37. The number of carboxylic acids is 1. The Bertz CT molecular complexity index is 1050. The lowest BCUT2D eigenvalue weighted by molar-refractivity contribution is -0.146. The molecule has 2 aromatic rings. The lowest BCUT2D eigenvalue weighted by atomic mass is 9.86. The van der Waals surface area contributed by atoms with E-state index in [2.05, 4.69) is 11.2 Å². The summed E-state index contributed by atoms with van der Waals surface area (Å²) in [5.74, 6) is 0.418. The van der Waals surface area contributed by atoms with Crippen LogP contribution in [0.25, 0.3) is 11.1 Å². The van der Waals surface area contributed by atoms with Crippen molar-refractivity contribution >= 4 is 18.0 Å². The number of aliphatic carboxylic acids is 1. The van der Waals surface area contributed by atoms with Gasteiger partial charge in [0.2, 0.25) is 5.91 Å². The molecule has 172 valence electrons. The van der Waals surface area contributed by atoms with Crippen molar-refractivity contribution in [2.24, 2.45) is 5.41 Å². The second-order valence-corrected chi connectivity index (χ2v) is 9.06. The van der Waals surface area contributed by atoms with E-state index in [-0.39, 0.29) is 19.1 Å². The van der Waals surface area contributed by atoms with Gasteiger partial charge in [-0.2, -0.15) is 0 Å². The Hall–Kier alpha value is -3.79. The van der Waals surface area contributed by atoms with Crippen LogP contribution in [0.15, 0.2) is 48.5 Å². The summed E-state index contributed by atoms with van der Waals surface area (Å²) in [5, 5.41) is 11.7. The van der Waals surface area contributed by atoms with Crippen LogP contribution in [0.5, 0.6) is 0 Å². The second-order valence-electron chi connectivity index (χ2n) is 9.06. The molecule has 2 N–H and O–H groups in total. The summed E-state index contributed by atoms with van der Waals surface area (Å²) in [4.78, 5) is 38.0. The molecule has 2 aromatic carbocycles. The number of hydrogen-bond acceptors (Lipinski definition) is 4. The standard InChI is InChI=1S/C26H28N2O5/c1-5-14-28(15-22(29)30)24(31)23(26(2,3)4)27-25(32)33-16-21-19-12-8-6-10-17(19)18-11-7-9-13-20(18)21/h1,6-13,21,23H,14-16H2,2-4H3,(H,27,32)(H,29,30)/t23-/m0/s1. The predicted molar refractivity (Wildman–Crippen MR) is 124 cm³/mol. The monoisotopic (exact) mass is 448 g/mol. The molecule has 33 heavy (non-hydrogen) atoms. The number of amides is 2. The molecule has 0 fully saturated rings. The molecule has 1 aliphatic carbocycles. The quantitative estimate of drug-likeness (QED) is 0.632. The number of carbonyl (C=O) groups excluding carboxylic acids is 2. The van der Waals surface area contributed by atoms with Gasteiger partial charge >= 0.3 is 12.1 Å². The van der Waals surface area contributed by atoms with Crippen LogP contribution in [-0.2, 0) is 14.3 Å². The maximum atomic E-state index is 13.0. The highest BCUT2D eigenvalue weighted by Crippen LogP contribution is 2.44. The van der Waals surface area contributed by atoms with E-state index in [0.717, 1.165) is 27.2 Å². The fourth-order valence-electron chi connectivity index (χ4n) is 4.07. The zero-order valence-electron chi connectivity index (χ0n) is 19.0. The van der Waals surface area contributed by atoms with Crippen LogP contribution < -0.4 is 5.32 Å². The third kappa shape index (κ3) is 5.35. The lowest BCUT2D eigenvalue weighted by Crippen LogP contribution is -2.55. The first-order valence-corrected chi connectivity index (χ1v) is 10.7. The van der Waals surface area contributed by atoms with Crippen molar-refractivity contribution in [2.45, 2.75) is 32.7 Å². The molecule has 0 saturated carbocycles. The first-order valence-electron chi connectivity index (χ1n) is 10.7. The van der Waals surface area contributed by atoms with Crippen molar-refractivity contribution < 1.29 is 24.2 Å². The average molecular weight is 449 g/mol. The average Bonchev–Trinajstić information content (AvgIpc) is 3.08. The Morgan fingerprint density at radius 3 is 2.12 bits per heavy atom. The molecule has 7 nitrogen and oxygen atoms in total. The maximum absolute atomic E-state index is 13.0. The largest absolute Gasteiger partial charge is 0.480 e. The summed E-state index contributed by atoms with van der Waals surface area (Å²) in [5.41, 5.74) is 3.69. The predicted octanol–water partition coefficient (Wildman–Crippen LogP) is 3.49. The topological polar surface area (TPSA) is 95.9 Å². The number of alkyl carbamates (subject to hydrolysis) is 1. The smallest absolute Gasteiger partial charge is 0.407 e. The van der Waals surface area contributed by atoms with Crippen molar-refractivity contribution in [3.05, 3.63) is 59.7 Å². The first-order chi connectivity index (χ1) is 15.6. The fraction of sp³-hybridized carbons (Fsp3) is 0.346. The number of nitrogens with zero attached hydrogens (tertiary/aromatic N) is 1. The molecular weight excluding hydrogens is 420 g/mol. The summed E-state index contributed by atoms with van der Waals surface area (Å²) in [7, 11) is 0. The second kappa shape index (κ2) is 9.78. The van der Waals surface area contributed by atoms with Gasteiger partial charge in [-0.1, -0.05) is 75.2 Å². The van der Waals surface area contributed by atoms with E-state index in [0.29, 0.717) is 0 Å². The van der Waals surface area contributed by atoms with Crippen LogP contribution in [0, 0.1) is 17.8 Å². The van der Waals surface area contributed by atoms with Gasteiger partial charge in [-0.15, -0.1) is 6.42 Å². The number of nitrogens with one attached hydrogen (secondary N) is 1. The van der Waals surface area contributed by atoms with Gasteiger partial charge in [0.1, 0.15) is 19.2 Å². The third-order valence-electron chi connectivity index (χ3n) is 5.64. The van der Waals surface area contributed by atoms with E-state index < -0.39 is 36.0 Å². The summed E-state index contributed by atoms with van der Waals surface area (Å²) >= 11 is 0. The number of fused-ring (bicyclic) bond motifs is 3. The Morgan fingerprint density at radius 1 is 1.09 bits per heavy atom. The minimum atomic E-state index is -1.19. The van der Waals surface area contributed by atoms with Crippen molar-refractivity contribution in [1.82, 2.24) is 10.2 Å². The molecule has 0 spiro atoms. The number of rotatable bonds is 7. The maximum Gasteiger partial charge on any atom is 0.407 e. The molecule has 0 heterocycles. The fourth-order valence-corrected chi connectivity index (χ4v) is 4.07. The summed E-state index contributed by atoms with van der Waals surface area (Å²) in [6, 6.07) is 15.0. The summed E-state index contributed by atoms with van der Waals surface area (Å²) in [6.07, 6.45) is 4.55. The summed E-state index contributed by atoms with van der Waals surface area (Å²) < 4.78 is 5.56. The number of terminal acetylenes is 1. The molecule has 2 amide bonds. The first kappa shape index (κ1) is 23.9. The Labute approximate surface area is 193 Å². The normalized spacial score (nSPS) is 13.3. The molecule has 0 radical (unpaired) electrons. The molecule has 0 aromatic heterocycles. The van der Waals surface area contributed by atoms with Gasteiger partial charge in [-0.05, 0) is 27.7 Å². The van der Waals surface area contributed by atoms with Crippen LogP contribution in [0.1, 0.15) is 37.8 Å². The van der Waals surface area contributed by atoms with Crippen LogP contribution in [-0.4, -0.2) is 53.7 Å². The van der Waals surface area contributed by atoms with Gasteiger partial charge in [0, 0.05) is 5.92 Å². The van der Waals surface area contributed by atoms with Crippen molar-refractivity contribution in [1.29, 1.82) is 0 Å². The highest BCUT2D eigenvalue weighted by molar-refractivity contribution is 5.89. The molecule has 0 unspecified atom stereocenters. The van der Waals surface area contributed by atoms with Crippen LogP contribution in [0.4, 0.5) is 4.79 Å². The molecular formula is C26H28N2O5. The zero-order chi connectivity index (χ0) is 24.2. The van der Waals surface area contributed by atoms with E-state index in [1.807, 2.05) is 48.5 Å². The molecule has 0 aliphatic heterocycles. The minimum Gasteiger partial charge on any atom is -0.480 e. The van der Waals surface area contributed by atoms with Gasteiger partial charge in [0.15, 0.2) is 0 Å². The van der Waals surface area contributed by atoms with Crippen molar-refractivity contribution in [3.63, 3.8) is 0 Å².